The molecule has 15 heteroatoms. The van der Waals surface area contributed by atoms with Gasteiger partial charge in [0.25, 0.3) is 0 Å². The molecular formula is C31H23F4N3O6S2. The molecule has 46 heavy (non-hydrogen) atoms. The second-order valence-electron chi connectivity index (χ2n) is 10.4. The molecule has 2 aliphatic heterocycles. The molecular weight excluding hydrogens is 650 g/mol. The third-order valence-corrected chi connectivity index (χ3v) is 10.3. The Hall–Kier alpha value is -4.63. The number of alkyl halides is 3. The summed E-state index contributed by atoms with van der Waals surface area (Å²) >= 11 is 1.76. The number of hydrogen-bond donors (Lipinski definition) is 1. The SMILES string of the molecule is COc1ccc(C2c3sc(=O)n(CC(=O)Nc4cccc(C(F)(F)F)c4)c3SC3C(=O)N(c4ccc(F)cc4)C(=O)C32)cc1OC. The van der Waals surface area contributed by atoms with E-state index in [-0.39, 0.29) is 16.4 Å². The van der Waals surface area contributed by atoms with E-state index < -0.39 is 63.8 Å². The van der Waals surface area contributed by atoms with Crippen LogP contribution in [0.1, 0.15) is 21.9 Å². The van der Waals surface area contributed by atoms with Gasteiger partial charge in [-0.25, -0.2) is 9.29 Å². The maximum Gasteiger partial charge on any atom is 0.416 e. The Morgan fingerprint density at radius 2 is 1.65 bits per heavy atom. The summed E-state index contributed by atoms with van der Waals surface area (Å²) in [6.07, 6.45) is -4.62. The predicted molar refractivity (Wildman–Crippen MR) is 162 cm³/mol. The number of hydrogen-bond acceptors (Lipinski definition) is 8. The van der Waals surface area contributed by atoms with E-state index in [1.807, 2.05) is 0 Å². The van der Waals surface area contributed by atoms with Gasteiger partial charge in [-0.3, -0.25) is 23.7 Å². The molecule has 3 atom stereocenters. The summed E-state index contributed by atoms with van der Waals surface area (Å²) in [5.41, 5.74) is -0.346. The summed E-state index contributed by atoms with van der Waals surface area (Å²) in [6, 6.07) is 14.0. The van der Waals surface area contributed by atoms with Crippen molar-refractivity contribution >= 4 is 52.2 Å². The second-order valence-corrected chi connectivity index (χ2v) is 12.5. The number of carbonyl (C=O) groups is 3. The van der Waals surface area contributed by atoms with E-state index >= 15 is 0 Å². The van der Waals surface area contributed by atoms with Crippen LogP contribution in [0.15, 0.2) is 76.6 Å². The van der Waals surface area contributed by atoms with E-state index in [0.717, 1.165) is 62.9 Å². The van der Waals surface area contributed by atoms with Gasteiger partial charge in [0.2, 0.25) is 17.7 Å². The van der Waals surface area contributed by atoms with Crippen LogP contribution in [0.2, 0.25) is 0 Å². The summed E-state index contributed by atoms with van der Waals surface area (Å²) < 4.78 is 65.2. The molecule has 0 spiro atoms. The summed E-state index contributed by atoms with van der Waals surface area (Å²) in [4.78, 5) is 55.1. The van der Waals surface area contributed by atoms with Crippen LogP contribution in [0.25, 0.3) is 0 Å². The topological polar surface area (TPSA) is 107 Å². The zero-order valence-electron chi connectivity index (χ0n) is 24.0. The lowest BCUT2D eigenvalue weighted by Crippen LogP contribution is -2.33. The molecule has 3 unspecified atom stereocenters. The van der Waals surface area contributed by atoms with E-state index in [9.17, 15) is 36.7 Å². The Balaban J connectivity index is 1.41. The molecule has 3 aromatic carbocycles. The standard InChI is InChI=1S/C31H23F4N3O6S2/c1-43-20-11-6-15(12-21(20)44-2)23-24-25(28(41)38(27(24)40)19-9-7-17(32)8-10-19)45-29-26(23)46-30(42)37(29)14-22(39)36-18-5-3-4-16(13-18)31(33,34)35/h3-13,23-25H,14H2,1-2H3,(H,36,39). The minimum atomic E-state index is -4.62. The van der Waals surface area contributed by atoms with Crippen molar-refractivity contribution in [2.24, 2.45) is 5.92 Å². The number of aromatic nitrogens is 1. The average molecular weight is 674 g/mol. The van der Waals surface area contributed by atoms with Crippen LogP contribution in [-0.2, 0) is 27.1 Å². The quantitative estimate of drug-likeness (QED) is 0.204. The van der Waals surface area contributed by atoms with E-state index in [0.29, 0.717) is 21.9 Å². The molecule has 0 aliphatic carbocycles. The lowest BCUT2D eigenvalue weighted by atomic mass is 9.83. The number of methoxy groups -OCH3 is 2. The summed E-state index contributed by atoms with van der Waals surface area (Å²) in [5.74, 6) is -3.49. The van der Waals surface area contributed by atoms with Gasteiger partial charge in [0.15, 0.2) is 11.5 Å². The van der Waals surface area contributed by atoms with Crippen LogP contribution in [0.3, 0.4) is 0 Å². The first-order chi connectivity index (χ1) is 21.9. The zero-order valence-corrected chi connectivity index (χ0v) is 25.6. The fraction of sp³-hybridized carbons (Fsp3) is 0.226. The Bertz CT molecular complexity index is 1920. The zero-order chi connectivity index (χ0) is 32.9. The van der Waals surface area contributed by atoms with Crippen molar-refractivity contribution in [3.63, 3.8) is 0 Å². The summed E-state index contributed by atoms with van der Waals surface area (Å²) in [7, 11) is 2.89. The molecule has 6 rings (SSSR count). The number of anilines is 2. The summed E-state index contributed by atoms with van der Waals surface area (Å²) in [6.45, 7) is -0.562. The molecule has 9 nitrogen and oxygen atoms in total. The highest BCUT2D eigenvalue weighted by Crippen LogP contribution is 2.54. The number of carbonyl (C=O) groups excluding carboxylic acids is 3. The van der Waals surface area contributed by atoms with Crippen LogP contribution in [0.4, 0.5) is 28.9 Å². The number of benzene rings is 3. The van der Waals surface area contributed by atoms with Crippen molar-refractivity contribution in [1.29, 1.82) is 0 Å². The lowest BCUT2D eigenvalue weighted by molar-refractivity contribution is -0.137. The van der Waals surface area contributed by atoms with Crippen molar-refractivity contribution in [2.45, 2.75) is 28.9 Å². The molecule has 238 valence electrons. The molecule has 3 heterocycles. The minimum Gasteiger partial charge on any atom is -0.493 e. The number of thiazole rings is 1. The molecule has 4 aromatic rings. The first-order valence-electron chi connectivity index (χ1n) is 13.6. The first kappa shape index (κ1) is 31.4. The van der Waals surface area contributed by atoms with Crippen LogP contribution < -0.4 is 24.6 Å². The number of imide groups is 1. The number of ether oxygens (including phenoxy) is 2. The van der Waals surface area contributed by atoms with Gasteiger partial charge in [-0.1, -0.05) is 35.2 Å². The van der Waals surface area contributed by atoms with Crippen LogP contribution in [0, 0.1) is 11.7 Å². The minimum absolute atomic E-state index is 0.112. The molecule has 0 bridgehead atoms. The molecule has 1 aromatic heterocycles. The lowest BCUT2D eigenvalue weighted by Gasteiger charge is -2.31. The molecule has 0 saturated carbocycles. The Labute approximate surface area is 266 Å². The van der Waals surface area contributed by atoms with E-state index in [2.05, 4.69) is 5.32 Å². The third kappa shape index (κ3) is 5.53. The fourth-order valence-electron chi connectivity index (χ4n) is 5.62. The number of fused-ring (bicyclic) bond motifs is 2. The maximum absolute atomic E-state index is 14.0. The number of thioether (sulfide) groups is 1. The smallest absolute Gasteiger partial charge is 0.416 e. The third-order valence-electron chi connectivity index (χ3n) is 7.68. The maximum atomic E-state index is 14.0. The monoisotopic (exact) mass is 673 g/mol. The average Bonchev–Trinajstić information content (AvgIpc) is 3.47. The van der Waals surface area contributed by atoms with Gasteiger partial charge in [0, 0.05) is 16.5 Å². The van der Waals surface area contributed by atoms with Crippen LogP contribution >= 0.6 is 23.1 Å². The van der Waals surface area contributed by atoms with Crippen molar-refractivity contribution in [3.05, 3.63) is 98.2 Å². The van der Waals surface area contributed by atoms with Crippen molar-refractivity contribution in [3.8, 4) is 11.5 Å². The Morgan fingerprint density at radius 3 is 2.33 bits per heavy atom. The number of nitrogens with zero attached hydrogens (tertiary/aromatic N) is 2. The largest absolute Gasteiger partial charge is 0.493 e. The number of amides is 3. The first-order valence-corrected chi connectivity index (χ1v) is 15.3. The number of rotatable bonds is 7. The van der Waals surface area contributed by atoms with Gasteiger partial charge in [-0.2, -0.15) is 13.2 Å². The second kappa shape index (κ2) is 11.9. The number of nitrogens with one attached hydrogen (secondary N) is 1. The molecule has 2 aliphatic rings. The normalized spacial score (nSPS) is 19.1. The fourth-order valence-corrected chi connectivity index (χ4v) is 8.40. The Kier molecular flexibility index (Phi) is 8.14. The number of halogens is 4. The highest BCUT2D eigenvalue weighted by atomic mass is 32.2. The molecule has 1 N–H and O–H groups in total. The molecule has 0 radical (unpaired) electrons. The van der Waals surface area contributed by atoms with Crippen molar-refractivity contribution in [1.82, 2.24) is 4.57 Å². The van der Waals surface area contributed by atoms with Crippen LogP contribution in [-0.4, -0.2) is 41.8 Å². The van der Waals surface area contributed by atoms with E-state index in [4.69, 9.17) is 9.47 Å². The highest BCUT2D eigenvalue weighted by Gasteiger charge is 2.57. The molecule has 1 saturated heterocycles. The molecule has 3 amide bonds. The van der Waals surface area contributed by atoms with Crippen molar-refractivity contribution in [2.75, 3.05) is 24.4 Å². The van der Waals surface area contributed by atoms with Gasteiger partial charge >= 0.3 is 11.0 Å². The highest BCUT2D eigenvalue weighted by molar-refractivity contribution is 8.00. The summed E-state index contributed by atoms with van der Waals surface area (Å²) in [5, 5.41) is 1.66. The van der Waals surface area contributed by atoms with Gasteiger partial charge in [0.05, 0.1) is 36.4 Å². The van der Waals surface area contributed by atoms with Gasteiger partial charge in [0.1, 0.15) is 17.6 Å². The van der Waals surface area contributed by atoms with Gasteiger partial charge < -0.3 is 14.8 Å². The van der Waals surface area contributed by atoms with Gasteiger partial charge in [-0.05, 0) is 60.2 Å². The Morgan fingerprint density at radius 1 is 0.935 bits per heavy atom. The van der Waals surface area contributed by atoms with Crippen molar-refractivity contribution < 1.29 is 41.4 Å². The van der Waals surface area contributed by atoms with Crippen LogP contribution in [0.5, 0.6) is 11.5 Å². The van der Waals surface area contributed by atoms with E-state index in [1.54, 1.807) is 18.2 Å². The predicted octanol–water partition coefficient (Wildman–Crippen LogP) is 5.52. The van der Waals surface area contributed by atoms with Gasteiger partial charge in [-0.15, -0.1) is 0 Å². The molecule has 1 fully saturated rings. The van der Waals surface area contributed by atoms with E-state index in [1.165, 1.54) is 32.4 Å².